The minimum atomic E-state index is -2.83. The van der Waals surface area contributed by atoms with Gasteiger partial charge in [0.2, 0.25) is 0 Å². The number of thiocarbonyl (C=S) groups is 1. The Kier molecular flexibility index (Phi) is 11.8. The Labute approximate surface area is 191 Å². The van der Waals surface area contributed by atoms with E-state index in [1.807, 2.05) is 0 Å². The second-order valence-corrected chi connectivity index (χ2v) is 9.68. The Morgan fingerprint density at radius 2 is 1.48 bits per heavy atom. The molecule has 3 N–H and O–H groups in total. The van der Waals surface area contributed by atoms with E-state index in [0.29, 0.717) is 13.2 Å². The van der Waals surface area contributed by atoms with Crippen molar-refractivity contribution < 1.29 is 42.4 Å². The second-order valence-electron chi connectivity index (χ2n) is 6.09. The van der Waals surface area contributed by atoms with Gasteiger partial charge in [-0.25, -0.2) is 0 Å². The molecular weight excluding hydrogens is 473 g/mol. The fourth-order valence-corrected chi connectivity index (χ4v) is 4.74. The van der Waals surface area contributed by atoms with Crippen LogP contribution in [0.25, 0.3) is 0 Å². The molecule has 0 aromatic heterocycles. The number of hydrogen-bond acceptors (Lipinski definition) is 11. The number of esters is 3. The third-order valence-electron chi connectivity index (χ3n) is 3.53. The molecular formula is C16H28N3O9PS2. The van der Waals surface area contributed by atoms with E-state index in [9.17, 15) is 14.4 Å². The lowest BCUT2D eigenvalue weighted by Crippen LogP contribution is -2.63. The minimum absolute atomic E-state index is 0.0169. The number of hydrogen-bond donors (Lipinski definition) is 3. The lowest BCUT2D eigenvalue weighted by Gasteiger charge is -2.40. The quantitative estimate of drug-likeness (QED) is 0.125. The van der Waals surface area contributed by atoms with Crippen LogP contribution in [0.1, 0.15) is 34.6 Å². The smallest absolute Gasteiger partial charge is 0.303 e. The molecule has 12 nitrogen and oxygen atoms in total. The summed E-state index contributed by atoms with van der Waals surface area (Å²) in [5.41, 5.74) is 2.67. The van der Waals surface area contributed by atoms with E-state index in [-0.39, 0.29) is 11.7 Å². The summed E-state index contributed by atoms with van der Waals surface area (Å²) in [5.74, 6) is -1.93. The van der Waals surface area contributed by atoms with Gasteiger partial charge in [-0.05, 0) is 37.9 Å². The maximum Gasteiger partial charge on any atom is 0.303 e. The summed E-state index contributed by atoms with van der Waals surface area (Å²) in [7, 11) is 0. The summed E-state index contributed by atoms with van der Waals surface area (Å²) in [6.45, 7) is 4.78. The molecule has 0 bridgehead atoms. The summed E-state index contributed by atoms with van der Waals surface area (Å²) < 4.78 is 32.2. The van der Waals surface area contributed by atoms with Crippen molar-refractivity contribution in [3.8, 4) is 0 Å². The Morgan fingerprint density at radius 1 is 0.968 bits per heavy atom. The first kappa shape index (κ1) is 27.6. The van der Waals surface area contributed by atoms with E-state index in [0.717, 1.165) is 0 Å². The fraction of sp³-hybridized carbons (Fsp3) is 0.750. The van der Waals surface area contributed by atoms with Crippen molar-refractivity contribution in [1.29, 1.82) is 0 Å². The van der Waals surface area contributed by atoms with Gasteiger partial charge in [-0.15, -0.1) is 0 Å². The molecule has 1 aliphatic heterocycles. The van der Waals surface area contributed by atoms with Crippen molar-refractivity contribution in [3.63, 3.8) is 0 Å². The average Bonchev–Trinajstić information content (AvgIpc) is 2.64. The van der Waals surface area contributed by atoms with Crippen molar-refractivity contribution in [2.24, 2.45) is 0 Å². The molecule has 0 aliphatic carbocycles. The zero-order valence-electron chi connectivity index (χ0n) is 17.9. The summed E-state index contributed by atoms with van der Waals surface area (Å²) in [6.07, 6.45) is -4.30. The van der Waals surface area contributed by atoms with E-state index < -0.39 is 49.1 Å². The van der Waals surface area contributed by atoms with Crippen molar-refractivity contribution in [3.05, 3.63) is 0 Å². The van der Waals surface area contributed by atoms with Gasteiger partial charge < -0.3 is 33.3 Å². The molecule has 0 amide bonds. The van der Waals surface area contributed by atoms with E-state index in [1.54, 1.807) is 13.8 Å². The molecule has 31 heavy (non-hydrogen) atoms. The molecule has 15 heteroatoms. The van der Waals surface area contributed by atoms with Gasteiger partial charge in [-0.1, -0.05) is 0 Å². The molecule has 4 atom stereocenters. The van der Waals surface area contributed by atoms with Crippen LogP contribution in [-0.4, -0.2) is 67.4 Å². The molecule has 1 heterocycles. The summed E-state index contributed by atoms with van der Waals surface area (Å²) in [4.78, 5) is 34.6. The highest BCUT2D eigenvalue weighted by Gasteiger charge is 2.47. The van der Waals surface area contributed by atoms with Crippen molar-refractivity contribution in [2.75, 3.05) is 19.8 Å². The predicted octanol–water partition coefficient (Wildman–Crippen LogP) is 0.404. The van der Waals surface area contributed by atoms with Gasteiger partial charge >= 0.3 is 17.9 Å². The third kappa shape index (κ3) is 9.73. The molecule has 0 saturated carbocycles. The first-order valence-electron chi connectivity index (χ1n) is 9.37. The zero-order chi connectivity index (χ0) is 23.6. The molecule has 0 unspecified atom stereocenters. The number of hydrazine groups is 1. The van der Waals surface area contributed by atoms with Crippen LogP contribution in [-0.2, 0) is 54.2 Å². The minimum Gasteiger partial charge on any atom is -0.456 e. The SMILES string of the molecule is CCOP(=S)(NNC(=S)N[C@@H]1OC[C@@H](OC(C)=O)[C@H](OC(C)=O)[C@H]1OC(C)=O)OCC. The lowest BCUT2D eigenvalue weighted by molar-refractivity contribution is -0.227. The van der Waals surface area contributed by atoms with Crippen LogP contribution in [0.3, 0.4) is 0 Å². The van der Waals surface area contributed by atoms with Crippen molar-refractivity contribution >= 4 is 53.7 Å². The van der Waals surface area contributed by atoms with E-state index in [2.05, 4.69) is 15.9 Å². The van der Waals surface area contributed by atoms with Crippen LogP contribution < -0.4 is 15.9 Å². The van der Waals surface area contributed by atoms with Gasteiger partial charge in [0.15, 0.2) is 29.7 Å². The van der Waals surface area contributed by atoms with Crippen LogP contribution >= 0.6 is 18.9 Å². The largest absolute Gasteiger partial charge is 0.456 e. The molecule has 0 aromatic carbocycles. The van der Waals surface area contributed by atoms with Crippen LogP contribution in [0.15, 0.2) is 0 Å². The molecule has 1 fully saturated rings. The second kappa shape index (κ2) is 13.2. The third-order valence-corrected chi connectivity index (χ3v) is 6.24. The van der Waals surface area contributed by atoms with E-state index >= 15 is 0 Å². The number of ether oxygens (including phenoxy) is 4. The van der Waals surface area contributed by atoms with Crippen molar-refractivity contribution in [1.82, 2.24) is 15.9 Å². The monoisotopic (exact) mass is 501 g/mol. The number of carbonyl (C=O) groups excluding carboxylic acids is 3. The normalized spacial score (nSPS) is 23.4. The molecule has 178 valence electrons. The molecule has 0 aromatic rings. The lowest BCUT2D eigenvalue weighted by atomic mass is 10.0. The van der Waals surface area contributed by atoms with Gasteiger partial charge in [0.1, 0.15) is 0 Å². The van der Waals surface area contributed by atoms with E-state index in [4.69, 9.17) is 52.0 Å². The van der Waals surface area contributed by atoms with Crippen LogP contribution in [0.5, 0.6) is 0 Å². The first-order valence-corrected chi connectivity index (χ1v) is 12.4. The molecule has 0 radical (unpaired) electrons. The highest BCUT2D eigenvalue weighted by Crippen LogP contribution is 2.42. The zero-order valence-corrected chi connectivity index (χ0v) is 20.4. The van der Waals surface area contributed by atoms with Crippen molar-refractivity contribution in [2.45, 2.75) is 59.2 Å². The molecule has 1 aliphatic rings. The topological polar surface area (TPSA) is 143 Å². The summed E-state index contributed by atoms with van der Waals surface area (Å²) in [5, 5.41) is 5.54. The van der Waals surface area contributed by atoms with Gasteiger partial charge in [-0.2, -0.15) is 5.20 Å². The average molecular weight is 502 g/mol. The van der Waals surface area contributed by atoms with Gasteiger partial charge in [-0.3, -0.25) is 19.8 Å². The van der Waals surface area contributed by atoms with Gasteiger partial charge in [0.05, 0.1) is 19.8 Å². The Bertz CT molecular complexity index is 702. The molecule has 1 rings (SSSR count). The summed E-state index contributed by atoms with van der Waals surface area (Å²) in [6, 6.07) is 0. The fourth-order valence-electron chi connectivity index (χ4n) is 2.59. The first-order chi connectivity index (χ1) is 14.5. The van der Waals surface area contributed by atoms with Gasteiger partial charge in [0, 0.05) is 20.8 Å². The van der Waals surface area contributed by atoms with Crippen LogP contribution in [0.4, 0.5) is 0 Å². The Morgan fingerprint density at radius 3 is 1.97 bits per heavy atom. The number of rotatable bonds is 10. The summed E-state index contributed by atoms with van der Waals surface area (Å²) >= 11 is 10.5. The predicted molar refractivity (Wildman–Crippen MR) is 116 cm³/mol. The molecule has 0 spiro atoms. The number of nitrogens with one attached hydrogen (secondary N) is 3. The van der Waals surface area contributed by atoms with E-state index in [1.165, 1.54) is 20.8 Å². The highest BCUT2D eigenvalue weighted by molar-refractivity contribution is 8.08. The highest BCUT2D eigenvalue weighted by atomic mass is 32.5. The maximum absolute atomic E-state index is 11.6. The Balaban J connectivity index is 2.93. The molecule has 1 saturated heterocycles. The maximum atomic E-state index is 11.6. The van der Waals surface area contributed by atoms with Gasteiger partial charge in [0.25, 0.3) is 6.64 Å². The Hall–Kier alpha value is -1.41. The number of carbonyl (C=O) groups is 3. The van der Waals surface area contributed by atoms with Crippen LogP contribution in [0, 0.1) is 0 Å². The standard InChI is InChI=1S/C16H28N3O9PS2/c1-6-24-29(31,25-7-2)19-18-16(30)17-15-14(28-11(5)22)13(27-10(4)21)12(8-23-15)26-9(3)20/h12-15H,6-8H2,1-5H3,(H,19,31)(H2,17,18,30)/t12-,13+,14-,15-/m1/s1. The van der Waals surface area contributed by atoms with Crippen LogP contribution in [0.2, 0.25) is 0 Å².